The number of benzene rings is 2. The number of aryl methyl sites for hydroxylation is 1. The highest BCUT2D eigenvalue weighted by Crippen LogP contribution is 2.35. The maximum absolute atomic E-state index is 12.3. The van der Waals surface area contributed by atoms with E-state index in [2.05, 4.69) is 96.2 Å². The molecule has 0 bridgehead atoms. The highest BCUT2D eigenvalue weighted by atomic mass is 16.2. The molecule has 5 aromatic rings. The van der Waals surface area contributed by atoms with Gasteiger partial charge in [0.25, 0.3) is 0 Å². The minimum atomic E-state index is -0.228. The third-order valence-electron chi connectivity index (χ3n) is 10.9. The normalized spacial score (nSPS) is 21.8. The van der Waals surface area contributed by atoms with Crippen molar-refractivity contribution >= 4 is 34.7 Å². The summed E-state index contributed by atoms with van der Waals surface area (Å²) in [5.74, 6) is 0.914. The Bertz CT molecular complexity index is 1970. The van der Waals surface area contributed by atoms with Crippen LogP contribution in [0.2, 0.25) is 0 Å². The lowest BCUT2D eigenvalue weighted by atomic mass is 9.84. The molecule has 11 nitrogen and oxygen atoms in total. The molecule has 2 amide bonds. The highest BCUT2D eigenvalue weighted by molar-refractivity contribution is 6.01. The Balaban J connectivity index is 0.788. The van der Waals surface area contributed by atoms with Gasteiger partial charge in [0.2, 0.25) is 11.8 Å². The number of carbonyl (C=O) groups excluding carboxylic acids is 2. The molecule has 11 heteroatoms. The second kappa shape index (κ2) is 14.1. The summed E-state index contributed by atoms with van der Waals surface area (Å²) < 4.78 is 4.22. The number of nitrogens with zero attached hydrogens (tertiary/aromatic N) is 7. The van der Waals surface area contributed by atoms with E-state index in [9.17, 15) is 9.59 Å². The van der Waals surface area contributed by atoms with Crippen LogP contribution in [0, 0.1) is 12.8 Å². The first-order chi connectivity index (χ1) is 24.5. The number of imide groups is 1. The van der Waals surface area contributed by atoms with E-state index in [1.165, 1.54) is 30.5 Å². The quantitative estimate of drug-likeness (QED) is 0.181. The van der Waals surface area contributed by atoms with Crippen molar-refractivity contribution in [2.24, 2.45) is 5.92 Å². The van der Waals surface area contributed by atoms with Crippen molar-refractivity contribution in [2.45, 2.75) is 63.8 Å². The maximum atomic E-state index is 12.3. The van der Waals surface area contributed by atoms with Gasteiger partial charge < -0.3 is 10.2 Å². The zero-order valence-electron chi connectivity index (χ0n) is 28.7. The van der Waals surface area contributed by atoms with Gasteiger partial charge in [0.05, 0.1) is 35.7 Å². The highest BCUT2D eigenvalue weighted by Gasteiger charge is 2.28. The molecule has 3 fully saturated rings. The smallest absolute Gasteiger partial charge is 0.234 e. The summed E-state index contributed by atoms with van der Waals surface area (Å²) in [5, 5.41) is 10.7. The maximum Gasteiger partial charge on any atom is 0.234 e. The van der Waals surface area contributed by atoms with Crippen LogP contribution in [0.5, 0.6) is 0 Å². The van der Waals surface area contributed by atoms with E-state index in [0.29, 0.717) is 18.9 Å². The minimum Gasteiger partial charge on any atom is -0.369 e. The topological polar surface area (TPSA) is 113 Å². The van der Waals surface area contributed by atoms with Crippen molar-refractivity contribution in [1.29, 1.82) is 0 Å². The Morgan fingerprint density at radius 1 is 0.920 bits per heavy atom. The van der Waals surface area contributed by atoms with Crippen LogP contribution in [-0.2, 0) is 9.59 Å². The fourth-order valence-electron chi connectivity index (χ4n) is 7.99. The molecule has 2 N–H and O–H groups in total. The summed E-state index contributed by atoms with van der Waals surface area (Å²) in [7, 11) is 0. The number of imidazole rings is 1. The van der Waals surface area contributed by atoms with Crippen LogP contribution in [0.25, 0.3) is 16.9 Å². The van der Waals surface area contributed by atoms with E-state index in [-0.39, 0.29) is 17.7 Å². The molecule has 1 aliphatic carbocycles. The van der Waals surface area contributed by atoms with Gasteiger partial charge in [-0.1, -0.05) is 35.9 Å². The Hall–Kier alpha value is -5.03. The van der Waals surface area contributed by atoms with Crippen molar-refractivity contribution in [2.75, 3.05) is 42.9 Å². The summed E-state index contributed by atoms with van der Waals surface area (Å²) in [6.45, 7) is 7.43. The number of anilines is 3. The Labute approximate surface area is 292 Å². The molecule has 1 saturated carbocycles. The molecule has 0 radical (unpaired) electrons. The van der Waals surface area contributed by atoms with E-state index in [1.54, 1.807) is 0 Å². The number of rotatable bonds is 9. The molecular weight excluding hydrogens is 626 g/mol. The van der Waals surface area contributed by atoms with Crippen molar-refractivity contribution in [1.82, 2.24) is 34.4 Å². The van der Waals surface area contributed by atoms with Crippen LogP contribution in [0.1, 0.15) is 68.0 Å². The van der Waals surface area contributed by atoms with Crippen molar-refractivity contribution < 1.29 is 9.59 Å². The number of carbonyl (C=O) groups is 2. The summed E-state index contributed by atoms with van der Waals surface area (Å²) in [4.78, 5) is 38.2. The van der Waals surface area contributed by atoms with Crippen LogP contribution in [-0.4, -0.2) is 73.6 Å². The van der Waals surface area contributed by atoms with Crippen LogP contribution < -0.4 is 15.5 Å². The number of hydrogen-bond acceptors (Lipinski definition) is 8. The fraction of sp³-hybridized carbons (Fsp3) is 0.410. The number of aromatic nitrogens is 5. The predicted octanol–water partition coefficient (Wildman–Crippen LogP) is 6.11. The van der Waals surface area contributed by atoms with Crippen molar-refractivity contribution in [3.05, 3.63) is 90.6 Å². The molecule has 2 saturated heterocycles. The molecular formula is C39H45N9O2. The number of nitrogens with one attached hydrogen (secondary N) is 2. The minimum absolute atomic E-state index is 0.169. The third kappa shape index (κ3) is 6.87. The van der Waals surface area contributed by atoms with Crippen LogP contribution >= 0.6 is 0 Å². The Kier molecular flexibility index (Phi) is 9.06. The second-order valence-corrected chi connectivity index (χ2v) is 14.2. The van der Waals surface area contributed by atoms with Gasteiger partial charge in [-0.2, -0.15) is 5.10 Å². The lowest BCUT2D eigenvalue weighted by Crippen LogP contribution is -2.47. The fourth-order valence-corrected chi connectivity index (χ4v) is 7.99. The largest absolute Gasteiger partial charge is 0.369 e. The van der Waals surface area contributed by atoms with Gasteiger partial charge in [0.15, 0.2) is 11.5 Å². The van der Waals surface area contributed by atoms with E-state index in [1.807, 2.05) is 24.8 Å². The SMILES string of the molecule is Cc1cccc(-c2cnc(Nc3cnn(C4CCC(CCN5CCN(c6ccc(C7CCC(=O)NC7=O)cc6)CC5)CC4)c3)c3nccn23)c1. The molecule has 3 aromatic heterocycles. The number of hydrogen-bond donors (Lipinski definition) is 2. The zero-order chi connectivity index (χ0) is 34.0. The molecule has 0 spiro atoms. The van der Waals surface area contributed by atoms with Gasteiger partial charge >= 0.3 is 0 Å². The third-order valence-corrected chi connectivity index (χ3v) is 10.9. The molecule has 1 atom stereocenters. The van der Waals surface area contributed by atoms with Gasteiger partial charge in [0.1, 0.15) is 0 Å². The number of amides is 2. The summed E-state index contributed by atoms with van der Waals surface area (Å²) >= 11 is 0. The van der Waals surface area contributed by atoms with Gasteiger partial charge in [0, 0.05) is 62.4 Å². The van der Waals surface area contributed by atoms with Crippen molar-refractivity contribution in [3.8, 4) is 11.3 Å². The molecule has 5 heterocycles. The lowest BCUT2D eigenvalue weighted by Gasteiger charge is -2.37. The van der Waals surface area contributed by atoms with Gasteiger partial charge in [-0.15, -0.1) is 0 Å². The number of fused-ring (bicyclic) bond motifs is 1. The van der Waals surface area contributed by atoms with Crippen molar-refractivity contribution in [3.63, 3.8) is 0 Å². The van der Waals surface area contributed by atoms with Crippen LogP contribution in [0.15, 0.2) is 79.5 Å². The average molecular weight is 672 g/mol. The van der Waals surface area contributed by atoms with E-state index >= 15 is 0 Å². The average Bonchev–Trinajstić information content (AvgIpc) is 3.83. The zero-order valence-corrected chi connectivity index (χ0v) is 28.7. The molecule has 8 rings (SSSR count). The first-order valence-electron chi connectivity index (χ1n) is 18.1. The summed E-state index contributed by atoms with van der Waals surface area (Å²) in [6, 6.07) is 17.2. The number of piperazine rings is 1. The molecule has 3 aliphatic rings. The van der Waals surface area contributed by atoms with E-state index in [0.717, 1.165) is 85.5 Å². The molecule has 1 unspecified atom stereocenters. The molecule has 2 aliphatic heterocycles. The lowest BCUT2D eigenvalue weighted by molar-refractivity contribution is -0.134. The molecule has 2 aromatic carbocycles. The monoisotopic (exact) mass is 671 g/mol. The van der Waals surface area contributed by atoms with E-state index < -0.39 is 0 Å². The Morgan fingerprint density at radius 2 is 1.74 bits per heavy atom. The second-order valence-electron chi connectivity index (χ2n) is 14.2. The van der Waals surface area contributed by atoms with Crippen LogP contribution in [0.3, 0.4) is 0 Å². The molecule has 258 valence electrons. The number of piperidine rings is 1. The Morgan fingerprint density at radius 3 is 2.52 bits per heavy atom. The first-order valence-corrected chi connectivity index (χ1v) is 18.1. The van der Waals surface area contributed by atoms with E-state index in [4.69, 9.17) is 10.1 Å². The predicted molar refractivity (Wildman–Crippen MR) is 195 cm³/mol. The first kappa shape index (κ1) is 32.2. The summed E-state index contributed by atoms with van der Waals surface area (Å²) in [5.41, 5.74) is 7.26. The van der Waals surface area contributed by atoms with Gasteiger partial charge in [-0.3, -0.25) is 28.9 Å². The molecule has 50 heavy (non-hydrogen) atoms. The van der Waals surface area contributed by atoms with Gasteiger partial charge in [-0.25, -0.2) is 9.97 Å². The van der Waals surface area contributed by atoms with Crippen LogP contribution in [0.4, 0.5) is 17.2 Å². The van der Waals surface area contributed by atoms with Gasteiger partial charge in [-0.05, 0) is 81.7 Å². The summed E-state index contributed by atoms with van der Waals surface area (Å²) in [6.07, 6.45) is 16.8. The standard InChI is InChI=1S/C39H45N9O2/c1-27-3-2-4-30(23-27)35-25-41-37(38-40-16-18-47(35)38)43-31-24-42-48(26-31)33-9-5-28(6-10-33)15-17-45-19-21-46(22-20-45)32-11-7-29(8-12-32)34-13-14-36(49)44-39(34)50/h2-4,7-8,11-12,16,18,23-26,28,33-34H,5-6,9-10,13-15,17,19-22H2,1H3,(H,41,43)(H,44,49,50).